The van der Waals surface area contributed by atoms with E-state index in [1.807, 2.05) is 30.3 Å². The number of rotatable bonds is 6. The third-order valence-corrected chi connectivity index (χ3v) is 4.28. The fraction of sp³-hybridized carbons (Fsp3) is 0.227. The van der Waals surface area contributed by atoms with Crippen LogP contribution in [-0.4, -0.2) is 15.9 Å². The van der Waals surface area contributed by atoms with Crippen LogP contribution in [0.1, 0.15) is 46.9 Å². The zero-order valence-corrected chi connectivity index (χ0v) is 15.9. The zero-order valence-electron chi connectivity index (χ0n) is 15.9. The quantitative estimate of drug-likeness (QED) is 0.664. The van der Waals surface area contributed by atoms with Crippen molar-refractivity contribution in [3.8, 4) is 0 Å². The van der Waals surface area contributed by atoms with Crippen LogP contribution in [0.4, 0.5) is 11.5 Å². The molecule has 0 aliphatic carbocycles. The van der Waals surface area contributed by atoms with E-state index in [1.54, 1.807) is 6.20 Å². The van der Waals surface area contributed by atoms with Gasteiger partial charge in [-0.25, -0.2) is 9.97 Å². The number of aryl methyl sites for hydroxylation is 1. The van der Waals surface area contributed by atoms with Crippen LogP contribution in [0.5, 0.6) is 0 Å². The van der Waals surface area contributed by atoms with Crippen LogP contribution in [-0.2, 0) is 6.54 Å². The number of benzene rings is 2. The van der Waals surface area contributed by atoms with Gasteiger partial charge >= 0.3 is 0 Å². The van der Waals surface area contributed by atoms with Crippen LogP contribution in [0.25, 0.3) is 0 Å². The van der Waals surface area contributed by atoms with Gasteiger partial charge in [0.1, 0.15) is 11.5 Å². The predicted molar refractivity (Wildman–Crippen MR) is 109 cm³/mol. The number of aromatic nitrogens is 2. The first-order valence-corrected chi connectivity index (χ1v) is 9.04. The molecule has 1 aromatic heterocycles. The third-order valence-electron chi connectivity index (χ3n) is 4.28. The summed E-state index contributed by atoms with van der Waals surface area (Å²) in [6, 6.07) is 16.1. The maximum absolute atomic E-state index is 12.3. The fourth-order valence-electron chi connectivity index (χ4n) is 2.70. The van der Waals surface area contributed by atoms with Gasteiger partial charge in [0.2, 0.25) is 0 Å². The minimum absolute atomic E-state index is 0.273. The smallest absolute Gasteiger partial charge is 0.275 e. The lowest BCUT2D eigenvalue weighted by atomic mass is 10.0. The molecule has 0 bridgehead atoms. The largest absolute Gasteiger partial charge is 0.365 e. The molecule has 5 heteroatoms. The molecule has 1 heterocycles. The van der Waals surface area contributed by atoms with Gasteiger partial charge in [0.15, 0.2) is 0 Å². The van der Waals surface area contributed by atoms with Gasteiger partial charge in [-0.1, -0.05) is 55.8 Å². The van der Waals surface area contributed by atoms with Gasteiger partial charge < -0.3 is 10.6 Å². The Kier molecular flexibility index (Phi) is 5.81. The van der Waals surface area contributed by atoms with Crippen molar-refractivity contribution < 1.29 is 4.79 Å². The SMILES string of the molecule is Cc1cccc(CNc2cnc(C(=O)Nc3ccc(C(C)C)cc3)cn2)c1. The summed E-state index contributed by atoms with van der Waals surface area (Å²) in [5.41, 5.74) is 4.64. The minimum atomic E-state index is -0.273. The zero-order chi connectivity index (χ0) is 19.2. The topological polar surface area (TPSA) is 66.9 Å². The molecule has 0 radical (unpaired) electrons. The molecule has 0 saturated carbocycles. The summed E-state index contributed by atoms with van der Waals surface area (Å²) in [5.74, 6) is 0.819. The second-order valence-corrected chi connectivity index (χ2v) is 6.86. The minimum Gasteiger partial charge on any atom is -0.365 e. The van der Waals surface area contributed by atoms with Gasteiger partial charge in [-0.3, -0.25) is 4.79 Å². The molecule has 138 valence electrons. The maximum atomic E-state index is 12.3. The molecule has 0 saturated heterocycles. The molecule has 0 atom stereocenters. The van der Waals surface area contributed by atoms with Crippen molar-refractivity contribution >= 4 is 17.4 Å². The van der Waals surface area contributed by atoms with Crippen molar-refractivity contribution in [2.75, 3.05) is 10.6 Å². The Morgan fingerprint density at radius 1 is 1.04 bits per heavy atom. The van der Waals surface area contributed by atoms with Crippen molar-refractivity contribution in [2.45, 2.75) is 33.2 Å². The Hall–Kier alpha value is -3.21. The molecular weight excluding hydrogens is 336 g/mol. The maximum Gasteiger partial charge on any atom is 0.275 e. The van der Waals surface area contributed by atoms with E-state index in [9.17, 15) is 4.79 Å². The lowest BCUT2D eigenvalue weighted by Gasteiger charge is -2.09. The van der Waals surface area contributed by atoms with Crippen LogP contribution in [0, 0.1) is 6.92 Å². The Bertz CT molecular complexity index is 902. The molecule has 2 N–H and O–H groups in total. The van der Waals surface area contributed by atoms with E-state index < -0.39 is 0 Å². The van der Waals surface area contributed by atoms with E-state index in [-0.39, 0.29) is 11.6 Å². The van der Waals surface area contributed by atoms with Crippen LogP contribution in [0.15, 0.2) is 60.9 Å². The number of carbonyl (C=O) groups is 1. The standard InChI is InChI=1S/C22H24N4O/c1-15(2)18-7-9-19(10-8-18)26-22(27)20-13-25-21(14-23-20)24-12-17-6-4-5-16(3)11-17/h4-11,13-15H,12H2,1-3H3,(H,24,25)(H,26,27). The van der Waals surface area contributed by atoms with E-state index in [4.69, 9.17) is 0 Å². The molecule has 0 aliphatic heterocycles. The molecule has 2 aromatic carbocycles. The van der Waals surface area contributed by atoms with E-state index in [1.165, 1.54) is 22.9 Å². The highest BCUT2D eigenvalue weighted by Gasteiger charge is 2.09. The molecule has 3 rings (SSSR count). The van der Waals surface area contributed by atoms with E-state index in [0.29, 0.717) is 18.3 Å². The summed E-state index contributed by atoms with van der Waals surface area (Å²) in [7, 11) is 0. The van der Waals surface area contributed by atoms with Gasteiger partial charge in [-0.2, -0.15) is 0 Å². The molecular formula is C22H24N4O. The number of hydrogen-bond donors (Lipinski definition) is 2. The number of nitrogens with one attached hydrogen (secondary N) is 2. The molecule has 0 unspecified atom stereocenters. The summed E-state index contributed by atoms with van der Waals surface area (Å²) in [5, 5.41) is 6.06. The lowest BCUT2D eigenvalue weighted by molar-refractivity contribution is 0.102. The van der Waals surface area contributed by atoms with Crippen molar-refractivity contribution in [1.82, 2.24) is 9.97 Å². The highest BCUT2D eigenvalue weighted by atomic mass is 16.1. The van der Waals surface area contributed by atoms with Gasteiger partial charge in [0, 0.05) is 12.2 Å². The van der Waals surface area contributed by atoms with Crippen LogP contribution in [0.2, 0.25) is 0 Å². The second kappa shape index (κ2) is 8.45. The van der Waals surface area contributed by atoms with Gasteiger partial charge in [0.05, 0.1) is 12.4 Å². The van der Waals surface area contributed by atoms with Crippen LogP contribution < -0.4 is 10.6 Å². The summed E-state index contributed by atoms with van der Waals surface area (Å²) in [6.45, 7) is 6.99. The summed E-state index contributed by atoms with van der Waals surface area (Å²) in [4.78, 5) is 20.8. The molecule has 27 heavy (non-hydrogen) atoms. The van der Waals surface area contributed by atoms with Crippen LogP contribution in [0.3, 0.4) is 0 Å². The Balaban J connectivity index is 1.58. The number of anilines is 2. The highest BCUT2D eigenvalue weighted by molar-refractivity contribution is 6.02. The van der Waals surface area contributed by atoms with E-state index >= 15 is 0 Å². The molecule has 0 fully saturated rings. The van der Waals surface area contributed by atoms with E-state index in [0.717, 1.165) is 5.69 Å². The number of hydrogen-bond acceptors (Lipinski definition) is 4. The molecule has 0 aliphatic rings. The van der Waals surface area contributed by atoms with Crippen molar-refractivity contribution in [3.63, 3.8) is 0 Å². The van der Waals surface area contributed by atoms with Gasteiger partial charge in [0.25, 0.3) is 5.91 Å². The number of carbonyl (C=O) groups excluding carboxylic acids is 1. The third kappa shape index (κ3) is 5.14. The first-order chi connectivity index (χ1) is 13.0. The van der Waals surface area contributed by atoms with Gasteiger partial charge in [-0.05, 0) is 36.1 Å². The van der Waals surface area contributed by atoms with Crippen molar-refractivity contribution in [1.29, 1.82) is 0 Å². The molecule has 5 nitrogen and oxygen atoms in total. The van der Waals surface area contributed by atoms with Crippen molar-refractivity contribution in [3.05, 3.63) is 83.3 Å². The lowest BCUT2D eigenvalue weighted by Crippen LogP contribution is -2.14. The average molecular weight is 360 g/mol. The van der Waals surface area contributed by atoms with Crippen molar-refractivity contribution in [2.24, 2.45) is 0 Å². The van der Waals surface area contributed by atoms with Gasteiger partial charge in [-0.15, -0.1) is 0 Å². The second-order valence-electron chi connectivity index (χ2n) is 6.86. The van der Waals surface area contributed by atoms with E-state index in [2.05, 4.69) is 59.6 Å². The number of amides is 1. The fourth-order valence-corrected chi connectivity index (χ4v) is 2.70. The summed E-state index contributed by atoms with van der Waals surface area (Å²) >= 11 is 0. The molecule has 1 amide bonds. The first kappa shape index (κ1) is 18.6. The Morgan fingerprint density at radius 2 is 1.81 bits per heavy atom. The molecule has 0 spiro atoms. The highest BCUT2D eigenvalue weighted by Crippen LogP contribution is 2.17. The summed E-state index contributed by atoms with van der Waals surface area (Å²) < 4.78 is 0. The monoisotopic (exact) mass is 360 g/mol. The summed E-state index contributed by atoms with van der Waals surface area (Å²) in [6.07, 6.45) is 3.06. The average Bonchev–Trinajstić information content (AvgIpc) is 2.67. The first-order valence-electron chi connectivity index (χ1n) is 9.04. The van der Waals surface area contributed by atoms with Crippen LogP contribution >= 0.6 is 0 Å². The number of nitrogens with zero attached hydrogens (tertiary/aromatic N) is 2. The Morgan fingerprint density at radius 3 is 2.44 bits per heavy atom. The molecule has 3 aromatic rings. The normalized spacial score (nSPS) is 10.7. The Labute approximate surface area is 159 Å². The predicted octanol–water partition coefficient (Wildman–Crippen LogP) is 4.77.